The smallest absolute Gasteiger partial charge is 0.164 e. The predicted molar refractivity (Wildman–Crippen MR) is 148 cm³/mol. The lowest BCUT2D eigenvalue weighted by molar-refractivity contribution is 0.747. The summed E-state index contributed by atoms with van der Waals surface area (Å²) >= 11 is 6.72. The monoisotopic (exact) mass is 483 g/mol. The zero-order valence-corrected chi connectivity index (χ0v) is 21.2. The Morgan fingerprint density at radius 2 is 1.66 bits per heavy atom. The van der Waals surface area contributed by atoms with Crippen molar-refractivity contribution >= 4 is 39.2 Å². The standard InChI is InChI=1S/C29H30ClN5/c1-19-11-13-21(14-12-19)17-35-18-24(22-8-5-10-25(30)27(22)35)29-33-26-20(2)7-4-9-23(26)28(34-29)32-16-6-15-31-3/h4-5,7-14,18,31H,6,15-17H2,1-3H3,(H,32,33,34). The van der Waals surface area contributed by atoms with Crippen molar-refractivity contribution in [3.05, 3.63) is 88.6 Å². The lowest BCUT2D eigenvalue weighted by Crippen LogP contribution is -2.14. The minimum Gasteiger partial charge on any atom is -0.369 e. The molecule has 0 bridgehead atoms. The summed E-state index contributed by atoms with van der Waals surface area (Å²) in [6.07, 6.45) is 3.15. The van der Waals surface area contributed by atoms with Crippen LogP contribution < -0.4 is 10.6 Å². The first kappa shape index (κ1) is 23.3. The molecule has 5 rings (SSSR count). The summed E-state index contributed by atoms with van der Waals surface area (Å²) in [6.45, 7) is 6.71. The van der Waals surface area contributed by atoms with Gasteiger partial charge in [-0.05, 0) is 57.1 Å². The maximum absolute atomic E-state index is 6.72. The van der Waals surface area contributed by atoms with Gasteiger partial charge in [-0.25, -0.2) is 9.97 Å². The van der Waals surface area contributed by atoms with Crippen molar-refractivity contribution in [3.63, 3.8) is 0 Å². The summed E-state index contributed by atoms with van der Waals surface area (Å²) < 4.78 is 2.21. The van der Waals surface area contributed by atoms with E-state index >= 15 is 0 Å². The summed E-state index contributed by atoms with van der Waals surface area (Å²) in [5, 5.41) is 9.57. The molecule has 0 unspecified atom stereocenters. The third kappa shape index (κ3) is 4.75. The fourth-order valence-corrected chi connectivity index (χ4v) is 4.81. The van der Waals surface area contributed by atoms with Crippen LogP contribution >= 0.6 is 11.6 Å². The maximum atomic E-state index is 6.72. The molecule has 2 aromatic heterocycles. The number of anilines is 1. The van der Waals surface area contributed by atoms with Gasteiger partial charge in [-0.3, -0.25) is 0 Å². The van der Waals surface area contributed by atoms with Gasteiger partial charge in [0.05, 0.1) is 16.1 Å². The van der Waals surface area contributed by atoms with E-state index in [1.54, 1.807) is 0 Å². The number of rotatable bonds is 8. The average Bonchev–Trinajstić information content (AvgIpc) is 3.23. The van der Waals surface area contributed by atoms with E-state index in [0.29, 0.717) is 5.82 Å². The molecule has 35 heavy (non-hydrogen) atoms. The van der Waals surface area contributed by atoms with Crippen LogP contribution in [0.4, 0.5) is 5.82 Å². The van der Waals surface area contributed by atoms with E-state index in [9.17, 15) is 0 Å². The molecule has 0 aliphatic heterocycles. The molecule has 2 heterocycles. The molecule has 6 heteroatoms. The van der Waals surface area contributed by atoms with Gasteiger partial charge >= 0.3 is 0 Å². The highest BCUT2D eigenvalue weighted by Crippen LogP contribution is 2.35. The van der Waals surface area contributed by atoms with E-state index in [1.165, 1.54) is 11.1 Å². The van der Waals surface area contributed by atoms with E-state index in [1.807, 2.05) is 19.2 Å². The molecule has 178 valence electrons. The van der Waals surface area contributed by atoms with Crippen LogP contribution in [-0.4, -0.2) is 34.7 Å². The Kier molecular flexibility index (Phi) is 6.71. The van der Waals surface area contributed by atoms with Gasteiger partial charge in [-0.2, -0.15) is 0 Å². The zero-order chi connectivity index (χ0) is 24.4. The number of aryl methyl sites for hydroxylation is 2. The van der Waals surface area contributed by atoms with Crippen LogP contribution in [0.15, 0.2) is 66.9 Å². The van der Waals surface area contributed by atoms with E-state index in [2.05, 4.69) is 83.8 Å². The summed E-state index contributed by atoms with van der Waals surface area (Å²) in [6, 6.07) is 20.9. The van der Waals surface area contributed by atoms with E-state index in [4.69, 9.17) is 21.6 Å². The van der Waals surface area contributed by atoms with Crippen molar-refractivity contribution in [2.75, 3.05) is 25.5 Å². The van der Waals surface area contributed by atoms with E-state index in [0.717, 1.165) is 69.8 Å². The molecule has 5 nitrogen and oxygen atoms in total. The van der Waals surface area contributed by atoms with Crippen LogP contribution in [-0.2, 0) is 6.54 Å². The first-order valence-electron chi connectivity index (χ1n) is 12.0. The number of para-hydroxylation sites is 2. The maximum Gasteiger partial charge on any atom is 0.164 e. The number of fused-ring (bicyclic) bond motifs is 2. The van der Waals surface area contributed by atoms with Crippen LogP contribution in [0, 0.1) is 13.8 Å². The molecule has 0 radical (unpaired) electrons. The first-order chi connectivity index (χ1) is 17.0. The van der Waals surface area contributed by atoms with Gasteiger partial charge in [-0.15, -0.1) is 0 Å². The van der Waals surface area contributed by atoms with E-state index < -0.39 is 0 Å². The number of nitrogens with zero attached hydrogens (tertiary/aromatic N) is 3. The number of benzene rings is 3. The van der Waals surface area contributed by atoms with Crippen molar-refractivity contribution in [1.29, 1.82) is 0 Å². The molecule has 0 spiro atoms. The fourth-order valence-electron chi connectivity index (χ4n) is 4.53. The van der Waals surface area contributed by atoms with Crippen LogP contribution in [0.3, 0.4) is 0 Å². The second-order valence-corrected chi connectivity index (χ2v) is 9.45. The summed E-state index contributed by atoms with van der Waals surface area (Å²) in [7, 11) is 1.97. The summed E-state index contributed by atoms with van der Waals surface area (Å²) in [4.78, 5) is 10.1. The molecule has 0 fully saturated rings. The number of nitrogens with one attached hydrogen (secondary N) is 2. The third-order valence-electron chi connectivity index (χ3n) is 6.39. The predicted octanol–water partition coefficient (Wildman–Crippen LogP) is 6.59. The van der Waals surface area contributed by atoms with Gasteiger partial charge in [0.25, 0.3) is 0 Å². The molecule has 0 aliphatic rings. The normalized spacial score (nSPS) is 11.4. The van der Waals surface area contributed by atoms with Crippen LogP contribution in [0.5, 0.6) is 0 Å². The molecule has 0 atom stereocenters. The van der Waals surface area contributed by atoms with Crippen LogP contribution in [0.25, 0.3) is 33.2 Å². The number of hydrogen-bond acceptors (Lipinski definition) is 4. The quantitative estimate of drug-likeness (QED) is 0.244. The highest BCUT2D eigenvalue weighted by atomic mass is 35.5. The summed E-state index contributed by atoms with van der Waals surface area (Å²) in [5.41, 5.74) is 6.56. The molecular weight excluding hydrogens is 454 g/mol. The second kappa shape index (κ2) is 10.1. The highest BCUT2D eigenvalue weighted by Gasteiger charge is 2.18. The van der Waals surface area contributed by atoms with Crippen molar-refractivity contribution < 1.29 is 0 Å². The Hall–Kier alpha value is -3.41. The van der Waals surface area contributed by atoms with Crippen molar-refractivity contribution in [1.82, 2.24) is 19.9 Å². The number of hydrogen-bond donors (Lipinski definition) is 2. The topological polar surface area (TPSA) is 54.8 Å². The zero-order valence-electron chi connectivity index (χ0n) is 20.4. The Morgan fingerprint density at radius 3 is 2.46 bits per heavy atom. The number of aromatic nitrogens is 3. The SMILES string of the molecule is CNCCCNc1nc(-c2cn(Cc3ccc(C)cc3)c3c(Cl)cccc23)nc2c(C)cccc12. The average molecular weight is 484 g/mol. The van der Waals surface area contributed by atoms with Crippen molar-refractivity contribution in [2.24, 2.45) is 0 Å². The van der Waals surface area contributed by atoms with Crippen molar-refractivity contribution in [3.8, 4) is 11.4 Å². The highest BCUT2D eigenvalue weighted by molar-refractivity contribution is 6.35. The van der Waals surface area contributed by atoms with Gasteiger partial charge in [0.1, 0.15) is 5.82 Å². The molecule has 5 aromatic rings. The third-order valence-corrected chi connectivity index (χ3v) is 6.69. The molecular formula is C29H30ClN5. The number of halogens is 1. The fraction of sp³-hybridized carbons (Fsp3) is 0.241. The molecule has 2 N–H and O–H groups in total. The minimum atomic E-state index is 0.706. The Morgan fingerprint density at radius 1 is 0.886 bits per heavy atom. The van der Waals surface area contributed by atoms with Gasteiger partial charge in [0.15, 0.2) is 5.82 Å². The Bertz CT molecular complexity index is 1490. The Balaban J connectivity index is 1.64. The van der Waals surface area contributed by atoms with Gasteiger partial charge in [-0.1, -0.05) is 65.7 Å². The molecule has 0 saturated carbocycles. The van der Waals surface area contributed by atoms with E-state index in [-0.39, 0.29) is 0 Å². The molecule has 0 aliphatic carbocycles. The molecule has 0 saturated heterocycles. The van der Waals surface area contributed by atoms with Crippen LogP contribution in [0.2, 0.25) is 5.02 Å². The Labute approximate surface area is 211 Å². The van der Waals surface area contributed by atoms with Gasteiger partial charge in [0, 0.05) is 35.6 Å². The summed E-state index contributed by atoms with van der Waals surface area (Å²) in [5.74, 6) is 1.57. The lowest BCUT2D eigenvalue weighted by Gasteiger charge is -2.12. The van der Waals surface area contributed by atoms with Crippen LogP contribution in [0.1, 0.15) is 23.1 Å². The molecule has 3 aromatic carbocycles. The minimum absolute atomic E-state index is 0.706. The second-order valence-electron chi connectivity index (χ2n) is 9.04. The lowest BCUT2D eigenvalue weighted by atomic mass is 10.1. The largest absolute Gasteiger partial charge is 0.369 e. The van der Waals surface area contributed by atoms with Crippen molar-refractivity contribution in [2.45, 2.75) is 26.8 Å². The van der Waals surface area contributed by atoms with Gasteiger partial charge < -0.3 is 15.2 Å². The first-order valence-corrected chi connectivity index (χ1v) is 12.4. The molecule has 0 amide bonds. The van der Waals surface area contributed by atoms with Gasteiger partial charge in [0.2, 0.25) is 0 Å².